The van der Waals surface area contributed by atoms with Gasteiger partial charge in [-0.05, 0) is 44.9 Å². The van der Waals surface area contributed by atoms with Crippen molar-refractivity contribution in [2.45, 2.75) is 33.2 Å². The second kappa shape index (κ2) is 6.07. The van der Waals surface area contributed by atoms with E-state index in [1.54, 1.807) is 23.4 Å². The van der Waals surface area contributed by atoms with Crippen LogP contribution in [-0.2, 0) is 4.79 Å². The van der Waals surface area contributed by atoms with Gasteiger partial charge < -0.3 is 10.0 Å². The van der Waals surface area contributed by atoms with Crippen molar-refractivity contribution in [3.63, 3.8) is 0 Å². The van der Waals surface area contributed by atoms with E-state index in [0.29, 0.717) is 18.7 Å². The predicted octanol–water partition coefficient (Wildman–Crippen LogP) is 1.82. The van der Waals surface area contributed by atoms with Crippen molar-refractivity contribution in [1.82, 2.24) is 19.9 Å². The Labute approximate surface area is 139 Å². The van der Waals surface area contributed by atoms with Crippen molar-refractivity contribution in [1.29, 1.82) is 0 Å². The number of aryl methyl sites for hydroxylation is 1. The maximum atomic E-state index is 12.8. The number of hydrogen-bond acceptors (Lipinski definition) is 4. The fourth-order valence-corrected chi connectivity index (χ4v) is 3.22. The topological polar surface area (TPSA) is 88.3 Å². The third kappa shape index (κ3) is 2.66. The van der Waals surface area contributed by atoms with E-state index in [1.165, 1.54) is 0 Å². The van der Waals surface area contributed by atoms with Gasteiger partial charge in [0.05, 0.1) is 17.3 Å². The zero-order valence-electron chi connectivity index (χ0n) is 13.9. The van der Waals surface area contributed by atoms with Gasteiger partial charge in [-0.1, -0.05) is 17.3 Å². The quantitative estimate of drug-likeness (QED) is 0.928. The van der Waals surface area contributed by atoms with Crippen LogP contribution in [0.25, 0.3) is 5.69 Å². The zero-order chi connectivity index (χ0) is 17.4. The number of carboxylic acids is 1. The fraction of sp³-hybridized carbons (Fsp3) is 0.412. The van der Waals surface area contributed by atoms with Gasteiger partial charge in [0.2, 0.25) is 0 Å². The summed E-state index contributed by atoms with van der Waals surface area (Å²) in [7, 11) is 0. The number of carbonyl (C=O) groups excluding carboxylic acids is 1. The van der Waals surface area contributed by atoms with Gasteiger partial charge in [-0.2, -0.15) is 0 Å². The summed E-state index contributed by atoms with van der Waals surface area (Å²) in [4.78, 5) is 25.6. The molecule has 0 aliphatic carbocycles. The third-order valence-corrected chi connectivity index (χ3v) is 4.68. The van der Waals surface area contributed by atoms with Crippen LogP contribution in [-0.4, -0.2) is 49.5 Å². The molecule has 2 atom stereocenters. The summed E-state index contributed by atoms with van der Waals surface area (Å²) in [6.45, 7) is 5.97. The van der Waals surface area contributed by atoms with Crippen LogP contribution in [0.3, 0.4) is 0 Å². The van der Waals surface area contributed by atoms with Gasteiger partial charge in [0.1, 0.15) is 0 Å². The summed E-state index contributed by atoms with van der Waals surface area (Å²) in [5, 5.41) is 17.4. The van der Waals surface area contributed by atoms with Gasteiger partial charge in [0.25, 0.3) is 5.91 Å². The molecular weight excluding hydrogens is 308 g/mol. The molecule has 1 fully saturated rings. The minimum absolute atomic E-state index is 0.261. The molecule has 24 heavy (non-hydrogen) atoms. The molecule has 0 spiro atoms. The lowest BCUT2D eigenvalue weighted by Gasteiger charge is -2.22. The van der Waals surface area contributed by atoms with Crippen LogP contribution in [0.5, 0.6) is 0 Å². The molecule has 2 heterocycles. The summed E-state index contributed by atoms with van der Waals surface area (Å²) in [6.07, 6.45) is 0.466. The first-order valence-electron chi connectivity index (χ1n) is 7.93. The highest BCUT2D eigenvalue weighted by Crippen LogP contribution is 2.26. The van der Waals surface area contributed by atoms with Gasteiger partial charge in [-0.25, -0.2) is 4.68 Å². The SMILES string of the molecule is Cc1cccc(-n2nnc(C(=O)N3CCC(C(=O)O)C3C)c2C)c1. The minimum Gasteiger partial charge on any atom is -0.481 e. The maximum absolute atomic E-state index is 12.8. The van der Waals surface area contributed by atoms with Crippen LogP contribution in [0, 0.1) is 19.8 Å². The van der Waals surface area contributed by atoms with E-state index in [1.807, 2.05) is 31.2 Å². The predicted molar refractivity (Wildman–Crippen MR) is 87.1 cm³/mol. The van der Waals surface area contributed by atoms with Crippen molar-refractivity contribution in [3.8, 4) is 5.69 Å². The number of carboxylic acid groups (broad SMARTS) is 1. The monoisotopic (exact) mass is 328 g/mol. The number of aliphatic carboxylic acids is 1. The highest BCUT2D eigenvalue weighted by atomic mass is 16.4. The fourth-order valence-electron chi connectivity index (χ4n) is 3.22. The van der Waals surface area contributed by atoms with Gasteiger partial charge >= 0.3 is 5.97 Å². The van der Waals surface area contributed by atoms with Crippen LogP contribution in [0.2, 0.25) is 0 Å². The molecule has 7 heteroatoms. The summed E-state index contributed by atoms with van der Waals surface area (Å²) in [5.74, 6) is -1.65. The number of likely N-dealkylation sites (tertiary alicyclic amines) is 1. The molecule has 7 nitrogen and oxygen atoms in total. The molecule has 1 aliphatic rings. The van der Waals surface area contributed by atoms with E-state index in [2.05, 4.69) is 10.3 Å². The van der Waals surface area contributed by atoms with Crippen molar-refractivity contribution >= 4 is 11.9 Å². The highest BCUT2D eigenvalue weighted by Gasteiger charge is 2.39. The lowest BCUT2D eigenvalue weighted by atomic mass is 10.0. The van der Waals surface area contributed by atoms with Crippen LogP contribution < -0.4 is 0 Å². The largest absolute Gasteiger partial charge is 0.481 e. The average molecular weight is 328 g/mol. The average Bonchev–Trinajstić information content (AvgIpc) is 3.10. The van der Waals surface area contributed by atoms with Crippen molar-refractivity contribution < 1.29 is 14.7 Å². The van der Waals surface area contributed by atoms with Gasteiger partial charge in [0, 0.05) is 12.6 Å². The molecule has 1 N–H and O–H groups in total. The van der Waals surface area contributed by atoms with Gasteiger partial charge in [-0.15, -0.1) is 5.10 Å². The van der Waals surface area contributed by atoms with E-state index in [0.717, 1.165) is 11.3 Å². The highest BCUT2D eigenvalue weighted by molar-refractivity contribution is 5.94. The molecule has 0 radical (unpaired) electrons. The van der Waals surface area contributed by atoms with E-state index in [9.17, 15) is 14.7 Å². The molecule has 126 valence electrons. The minimum atomic E-state index is -0.863. The summed E-state index contributed by atoms with van der Waals surface area (Å²) >= 11 is 0. The molecule has 1 amide bonds. The lowest BCUT2D eigenvalue weighted by molar-refractivity contribution is -0.142. The Balaban J connectivity index is 1.89. The van der Waals surface area contributed by atoms with Gasteiger partial charge in [0.15, 0.2) is 5.69 Å². The first-order valence-corrected chi connectivity index (χ1v) is 7.93. The Morgan fingerprint density at radius 2 is 2.04 bits per heavy atom. The smallest absolute Gasteiger partial charge is 0.308 e. The molecule has 2 aromatic rings. The number of hydrogen-bond donors (Lipinski definition) is 1. The van der Waals surface area contributed by atoms with E-state index in [-0.39, 0.29) is 17.6 Å². The third-order valence-electron chi connectivity index (χ3n) is 4.68. The van der Waals surface area contributed by atoms with Crippen LogP contribution in [0.4, 0.5) is 0 Å². The molecule has 0 bridgehead atoms. The Hall–Kier alpha value is -2.70. The number of benzene rings is 1. The normalized spacial score (nSPS) is 20.4. The van der Waals surface area contributed by atoms with Crippen molar-refractivity contribution in [2.75, 3.05) is 6.54 Å². The number of amides is 1. The molecule has 3 rings (SSSR count). The Morgan fingerprint density at radius 3 is 2.67 bits per heavy atom. The zero-order valence-corrected chi connectivity index (χ0v) is 13.9. The first kappa shape index (κ1) is 16.2. The molecular formula is C17H20N4O3. The molecule has 1 saturated heterocycles. The second-order valence-corrected chi connectivity index (χ2v) is 6.25. The number of carbonyl (C=O) groups is 2. The van der Waals surface area contributed by atoms with Crippen molar-refractivity contribution in [3.05, 3.63) is 41.2 Å². The molecule has 1 aromatic heterocycles. The number of aromatic nitrogens is 3. The Kier molecular flexibility index (Phi) is 4.09. The summed E-state index contributed by atoms with van der Waals surface area (Å²) in [5.41, 5.74) is 2.86. The molecule has 2 unspecified atom stereocenters. The second-order valence-electron chi connectivity index (χ2n) is 6.25. The van der Waals surface area contributed by atoms with Crippen LogP contribution >= 0.6 is 0 Å². The Morgan fingerprint density at radius 1 is 1.29 bits per heavy atom. The van der Waals surface area contributed by atoms with Gasteiger partial charge in [-0.3, -0.25) is 9.59 Å². The van der Waals surface area contributed by atoms with E-state index >= 15 is 0 Å². The molecule has 1 aliphatic heterocycles. The van der Waals surface area contributed by atoms with Crippen LogP contribution in [0.15, 0.2) is 24.3 Å². The number of rotatable bonds is 3. The summed E-state index contributed by atoms with van der Waals surface area (Å²) < 4.78 is 1.63. The number of nitrogens with zero attached hydrogens (tertiary/aromatic N) is 4. The standard InChI is InChI=1S/C17H20N4O3/c1-10-5-4-6-13(9-10)21-12(3)15(18-19-21)16(22)20-8-7-14(11(20)2)17(23)24/h4-6,9,11,14H,7-8H2,1-3H3,(H,23,24). The summed E-state index contributed by atoms with van der Waals surface area (Å²) in [6, 6.07) is 7.43. The molecule has 1 aromatic carbocycles. The maximum Gasteiger partial charge on any atom is 0.308 e. The van der Waals surface area contributed by atoms with Crippen molar-refractivity contribution in [2.24, 2.45) is 5.92 Å². The van der Waals surface area contributed by atoms with E-state index < -0.39 is 11.9 Å². The van der Waals surface area contributed by atoms with Crippen LogP contribution in [0.1, 0.15) is 35.1 Å². The lowest BCUT2D eigenvalue weighted by Crippen LogP contribution is -2.38. The Bertz CT molecular complexity index is 799. The van der Waals surface area contributed by atoms with E-state index in [4.69, 9.17) is 0 Å². The first-order chi connectivity index (χ1) is 11.4. The molecule has 0 saturated carbocycles.